The molecule has 0 aromatic heterocycles. The Morgan fingerprint density at radius 1 is 1.31 bits per heavy atom. The molecule has 6 atom stereocenters. The van der Waals surface area contributed by atoms with Crippen molar-refractivity contribution in [3.63, 3.8) is 0 Å². The maximum absolute atomic E-state index is 11.3. The van der Waals surface area contributed by atoms with E-state index in [-0.39, 0.29) is 36.3 Å². The van der Waals surface area contributed by atoms with E-state index in [1.165, 1.54) is 17.2 Å². The van der Waals surface area contributed by atoms with Crippen molar-refractivity contribution in [1.29, 1.82) is 0 Å². The Morgan fingerprint density at radius 2 is 2.09 bits per heavy atom. The van der Waals surface area contributed by atoms with Crippen molar-refractivity contribution in [3.05, 3.63) is 71.9 Å². The van der Waals surface area contributed by atoms with Crippen LogP contribution in [0.2, 0.25) is 0 Å². The van der Waals surface area contributed by atoms with Gasteiger partial charge in [-0.2, -0.15) is 0 Å². The zero-order valence-corrected chi connectivity index (χ0v) is 20.2. The van der Waals surface area contributed by atoms with Gasteiger partial charge in [0.15, 0.2) is 0 Å². The van der Waals surface area contributed by atoms with Crippen LogP contribution in [-0.4, -0.2) is 35.5 Å². The first-order chi connectivity index (χ1) is 15.3. The maximum Gasteiger partial charge on any atom is 0.331 e. The Bertz CT molecular complexity index is 783. The van der Waals surface area contributed by atoms with Crippen LogP contribution in [0.25, 0.3) is 0 Å². The summed E-state index contributed by atoms with van der Waals surface area (Å²) >= 11 is 0. The molecule has 2 heterocycles. The molecule has 32 heavy (non-hydrogen) atoms. The van der Waals surface area contributed by atoms with E-state index in [0.29, 0.717) is 12.3 Å². The van der Waals surface area contributed by atoms with E-state index in [9.17, 15) is 9.90 Å². The number of ether oxygens (including phenoxy) is 2. The van der Waals surface area contributed by atoms with Gasteiger partial charge in [-0.1, -0.05) is 73.6 Å². The first kappa shape index (κ1) is 26.1. The molecular formula is C28H40O4. The first-order valence-corrected chi connectivity index (χ1v) is 11.8. The third-order valence-corrected chi connectivity index (χ3v) is 5.93. The number of rotatable bonds is 9. The highest BCUT2D eigenvalue weighted by atomic mass is 16.5. The highest BCUT2D eigenvalue weighted by molar-refractivity contribution is 5.82. The molecule has 0 radical (unpaired) electrons. The second-order valence-corrected chi connectivity index (χ2v) is 9.15. The van der Waals surface area contributed by atoms with Gasteiger partial charge >= 0.3 is 5.97 Å². The standard InChI is InChI=1S/C28H40O4/c1-6-10-27-23(5)26(29)19-25(31-27)12-8-7-11-20(2)17-22(4)18-21(3)15-16-24-13-9-14-28(30)32-24/h6-11,14-16,18,22-27,29H,12-13,17,19H2,1-5H3/b8-7+,10-6+,16-15+,20-11+,21-18-/t22-,23+,24-,25-,26-,27+/m1/s1. The van der Waals surface area contributed by atoms with Gasteiger partial charge in [-0.05, 0) is 45.6 Å². The summed E-state index contributed by atoms with van der Waals surface area (Å²) in [5.41, 5.74) is 2.49. The predicted molar refractivity (Wildman–Crippen MR) is 131 cm³/mol. The number of aliphatic hydroxyl groups is 1. The molecule has 1 saturated heterocycles. The zero-order valence-electron chi connectivity index (χ0n) is 20.2. The highest BCUT2D eigenvalue weighted by Crippen LogP contribution is 2.28. The largest absolute Gasteiger partial charge is 0.455 e. The van der Waals surface area contributed by atoms with E-state index >= 15 is 0 Å². The summed E-state index contributed by atoms with van der Waals surface area (Å²) < 4.78 is 11.4. The molecule has 2 aliphatic rings. The van der Waals surface area contributed by atoms with Gasteiger partial charge in [-0.3, -0.25) is 0 Å². The van der Waals surface area contributed by atoms with Crippen molar-refractivity contribution in [2.45, 2.75) is 84.7 Å². The van der Waals surface area contributed by atoms with E-state index in [4.69, 9.17) is 9.47 Å². The molecule has 1 N–H and O–H groups in total. The summed E-state index contributed by atoms with van der Waals surface area (Å²) in [5, 5.41) is 10.3. The lowest BCUT2D eigenvalue weighted by Crippen LogP contribution is -2.41. The average molecular weight is 441 g/mol. The van der Waals surface area contributed by atoms with E-state index in [1.807, 2.05) is 44.2 Å². The van der Waals surface area contributed by atoms with Crippen molar-refractivity contribution < 1.29 is 19.4 Å². The van der Waals surface area contributed by atoms with Crippen LogP contribution in [0.5, 0.6) is 0 Å². The lowest BCUT2D eigenvalue weighted by molar-refractivity contribution is -0.141. The molecule has 2 aliphatic heterocycles. The van der Waals surface area contributed by atoms with Crippen LogP contribution in [0.4, 0.5) is 0 Å². The minimum absolute atomic E-state index is 0.00835. The van der Waals surface area contributed by atoms with Crippen LogP contribution in [-0.2, 0) is 14.3 Å². The summed E-state index contributed by atoms with van der Waals surface area (Å²) in [6, 6.07) is 0. The summed E-state index contributed by atoms with van der Waals surface area (Å²) in [7, 11) is 0. The molecule has 2 rings (SSSR count). The molecule has 0 aliphatic carbocycles. The van der Waals surface area contributed by atoms with Crippen LogP contribution in [0.3, 0.4) is 0 Å². The van der Waals surface area contributed by atoms with Gasteiger partial charge in [-0.25, -0.2) is 4.79 Å². The molecular weight excluding hydrogens is 400 g/mol. The van der Waals surface area contributed by atoms with Crippen molar-refractivity contribution in [3.8, 4) is 0 Å². The number of carbonyl (C=O) groups excluding carboxylic acids is 1. The molecule has 0 saturated carbocycles. The number of allylic oxidation sites excluding steroid dienone is 7. The lowest BCUT2D eigenvalue weighted by atomic mass is 9.89. The Morgan fingerprint density at radius 3 is 2.81 bits per heavy atom. The number of carbonyl (C=O) groups is 1. The van der Waals surface area contributed by atoms with Gasteiger partial charge in [0.05, 0.1) is 18.3 Å². The van der Waals surface area contributed by atoms with E-state index < -0.39 is 0 Å². The summed E-state index contributed by atoms with van der Waals surface area (Å²) in [5.74, 6) is 0.280. The fraction of sp³-hybridized carbons (Fsp3) is 0.536. The molecule has 4 nitrogen and oxygen atoms in total. The normalized spacial score (nSPS) is 31.1. The smallest absolute Gasteiger partial charge is 0.331 e. The van der Waals surface area contributed by atoms with Crippen LogP contribution >= 0.6 is 0 Å². The van der Waals surface area contributed by atoms with Gasteiger partial charge in [-0.15, -0.1) is 0 Å². The quantitative estimate of drug-likeness (QED) is 0.271. The van der Waals surface area contributed by atoms with Crippen LogP contribution in [0.15, 0.2) is 71.9 Å². The maximum atomic E-state index is 11.3. The molecule has 0 aromatic rings. The molecule has 0 bridgehead atoms. The lowest BCUT2D eigenvalue weighted by Gasteiger charge is -2.36. The van der Waals surface area contributed by atoms with E-state index in [0.717, 1.165) is 19.3 Å². The number of hydrogen-bond acceptors (Lipinski definition) is 4. The van der Waals surface area contributed by atoms with Crippen molar-refractivity contribution in [2.24, 2.45) is 11.8 Å². The second-order valence-electron chi connectivity index (χ2n) is 9.15. The SMILES string of the molecule is C/C=C/[C@@H]1O[C@H](C/C=C/C=C(\C)C[C@@H](C)/C=C(C)\C=C\[C@H]2CC=CC(=O)O2)C[C@@H](O)[C@@H]1C. The van der Waals surface area contributed by atoms with E-state index in [2.05, 4.69) is 45.1 Å². The number of aliphatic hydroxyl groups excluding tert-OH is 1. The summed E-state index contributed by atoms with van der Waals surface area (Å²) in [6.45, 7) is 10.5. The predicted octanol–water partition coefficient (Wildman–Crippen LogP) is 6.01. The minimum Gasteiger partial charge on any atom is -0.455 e. The summed E-state index contributed by atoms with van der Waals surface area (Å²) in [6.07, 6.45) is 22.8. The third-order valence-electron chi connectivity index (χ3n) is 5.93. The molecule has 0 amide bonds. The monoisotopic (exact) mass is 440 g/mol. The summed E-state index contributed by atoms with van der Waals surface area (Å²) in [4.78, 5) is 11.3. The molecule has 176 valence electrons. The van der Waals surface area contributed by atoms with Gasteiger partial charge in [0.2, 0.25) is 0 Å². The topological polar surface area (TPSA) is 55.8 Å². The average Bonchev–Trinajstić information content (AvgIpc) is 2.73. The number of esters is 1. The Balaban J connectivity index is 1.78. The fourth-order valence-corrected chi connectivity index (χ4v) is 4.18. The highest BCUT2D eigenvalue weighted by Gasteiger charge is 2.32. The first-order valence-electron chi connectivity index (χ1n) is 11.8. The van der Waals surface area contributed by atoms with Crippen molar-refractivity contribution >= 4 is 5.97 Å². The van der Waals surface area contributed by atoms with Crippen LogP contribution in [0.1, 0.15) is 60.3 Å². The number of cyclic esters (lactones) is 1. The Hall–Kier alpha value is -2.17. The van der Waals surface area contributed by atoms with Crippen LogP contribution in [0, 0.1) is 11.8 Å². The Kier molecular flexibility index (Phi) is 10.9. The zero-order chi connectivity index (χ0) is 23.5. The van der Waals surface area contributed by atoms with Crippen molar-refractivity contribution in [1.82, 2.24) is 0 Å². The van der Waals surface area contributed by atoms with Gasteiger partial charge in [0.1, 0.15) is 6.10 Å². The molecule has 0 unspecified atom stereocenters. The number of hydrogen-bond donors (Lipinski definition) is 1. The second kappa shape index (κ2) is 13.4. The molecule has 1 fully saturated rings. The third kappa shape index (κ3) is 9.13. The molecule has 0 spiro atoms. The van der Waals surface area contributed by atoms with Gasteiger partial charge < -0.3 is 14.6 Å². The molecule has 0 aromatic carbocycles. The van der Waals surface area contributed by atoms with Gasteiger partial charge in [0.25, 0.3) is 0 Å². The Labute approximate surface area is 194 Å². The van der Waals surface area contributed by atoms with Crippen molar-refractivity contribution in [2.75, 3.05) is 0 Å². The fourth-order valence-electron chi connectivity index (χ4n) is 4.18. The minimum atomic E-state index is -0.313. The van der Waals surface area contributed by atoms with Crippen LogP contribution < -0.4 is 0 Å². The van der Waals surface area contributed by atoms with Gasteiger partial charge in [0, 0.05) is 24.8 Å². The van der Waals surface area contributed by atoms with E-state index in [1.54, 1.807) is 0 Å². The molecule has 4 heteroatoms.